The second-order valence-corrected chi connectivity index (χ2v) is 14.5. The number of aromatic nitrogens is 5. The predicted molar refractivity (Wildman–Crippen MR) is 156 cm³/mol. The monoisotopic (exact) mass is 686 g/mol. The van der Waals surface area contributed by atoms with E-state index in [0.717, 1.165) is 4.31 Å². The molecule has 8 nitrogen and oxygen atoms in total. The number of hydrogen-bond acceptors (Lipinski definition) is 6. The van der Waals surface area contributed by atoms with Crippen LogP contribution in [0.4, 0.5) is 30.7 Å². The van der Waals surface area contributed by atoms with Gasteiger partial charge in [-0.1, -0.05) is 5.57 Å². The highest BCUT2D eigenvalue weighted by atomic mass is 32.2. The Labute approximate surface area is 262 Å². The Hall–Kier alpha value is -3.83. The van der Waals surface area contributed by atoms with Gasteiger partial charge in [0.25, 0.3) is 0 Å². The van der Waals surface area contributed by atoms with E-state index in [1.165, 1.54) is 52.2 Å². The number of rotatable bonds is 7. The topological polar surface area (TPSA) is 85.9 Å². The zero-order valence-corrected chi connectivity index (χ0v) is 25.6. The highest BCUT2D eigenvalue weighted by Crippen LogP contribution is 2.52. The zero-order chi connectivity index (χ0) is 33.2. The van der Waals surface area contributed by atoms with Gasteiger partial charge in [0.05, 0.1) is 45.2 Å². The minimum atomic E-state index is -4.81. The lowest BCUT2D eigenvalue weighted by Crippen LogP contribution is -2.52. The van der Waals surface area contributed by atoms with Gasteiger partial charge in [-0.25, -0.2) is 27.6 Å². The van der Waals surface area contributed by atoms with E-state index in [1.807, 2.05) is 0 Å². The number of Topliss-reactive ketones (excluding diaryl/α,β-unsaturated/α-hetero) is 1. The highest BCUT2D eigenvalue weighted by Gasteiger charge is 2.53. The Morgan fingerprint density at radius 3 is 2.48 bits per heavy atom. The summed E-state index contributed by atoms with van der Waals surface area (Å²) in [6.45, 7) is -1.62. The summed E-state index contributed by atoms with van der Waals surface area (Å²) in [5.74, 6) is 2.40. The molecule has 6 rings (SSSR count). The average molecular weight is 687 g/mol. The number of fused-ring (bicyclic) bond motifs is 2. The Morgan fingerprint density at radius 2 is 1.87 bits per heavy atom. The molecule has 3 heterocycles. The number of nitrogens with zero attached hydrogens (tertiary/aromatic N) is 6. The summed E-state index contributed by atoms with van der Waals surface area (Å²) in [4.78, 5) is 21.0. The van der Waals surface area contributed by atoms with Crippen LogP contribution in [0.5, 0.6) is 0 Å². The number of carbonyl (C=O) groups excluding carboxylic acids is 1. The fourth-order valence-electron chi connectivity index (χ4n) is 6.16. The van der Waals surface area contributed by atoms with Gasteiger partial charge in [0, 0.05) is 19.3 Å². The van der Waals surface area contributed by atoms with Crippen LogP contribution in [0.1, 0.15) is 45.2 Å². The fraction of sp³-hybridized carbons (Fsp3) is 0.345. The predicted octanol–water partition coefficient (Wildman–Crippen LogP) is 6.14. The molecule has 0 aliphatic heterocycles. The van der Waals surface area contributed by atoms with Gasteiger partial charge in [-0.3, -0.25) is 4.79 Å². The van der Waals surface area contributed by atoms with E-state index in [2.05, 4.69) is 20.9 Å². The number of ketones is 1. The maximum atomic E-state index is 14.3. The molecule has 1 aromatic carbocycles. The molecular formula is C29H25F7N6O2S2. The molecule has 0 radical (unpaired) electrons. The van der Waals surface area contributed by atoms with Gasteiger partial charge in [0.2, 0.25) is 5.78 Å². The van der Waals surface area contributed by atoms with Gasteiger partial charge in [0.1, 0.15) is 17.2 Å². The van der Waals surface area contributed by atoms with Crippen molar-refractivity contribution in [3.63, 3.8) is 0 Å². The molecule has 0 bridgehead atoms. The Morgan fingerprint density at radius 1 is 1.15 bits per heavy atom. The first-order valence-electron chi connectivity index (χ1n) is 13.8. The first kappa shape index (κ1) is 32.1. The lowest BCUT2D eigenvalue weighted by atomic mass is 9.61. The van der Waals surface area contributed by atoms with Gasteiger partial charge in [-0.15, -0.1) is 11.3 Å². The van der Waals surface area contributed by atoms with Crippen LogP contribution in [0.15, 0.2) is 59.8 Å². The quantitative estimate of drug-likeness (QED) is 0.133. The maximum absolute atomic E-state index is 14.3. The van der Waals surface area contributed by atoms with E-state index in [0.29, 0.717) is 28.7 Å². The number of hydrogen-bond donors (Lipinski definition) is 0. The third-order valence-electron chi connectivity index (χ3n) is 8.25. The van der Waals surface area contributed by atoms with E-state index in [-0.39, 0.29) is 42.0 Å². The summed E-state index contributed by atoms with van der Waals surface area (Å²) in [6, 6.07) is 4.34. The normalized spacial score (nSPS) is 21.4. The molecule has 2 aliphatic rings. The third kappa shape index (κ3) is 5.79. The van der Waals surface area contributed by atoms with Crippen molar-refractivity contribution in [2.45, 2.75) is 49.1 Å². The molecule has 17 heteroatoms. The van der Waals surface area contributed by atoms with E-state index >= 15 is 0 Å². The summed E-state index contributed by atoms with van der Waals surface area (Å²) < 4.78 is 114. The first-order valence-corrected chi connectivity index (χ1v) is 16.3. The molecule has 0 saturated heterocycles. The molecule has 0 spiro atoms. The number of benzene rings is 1. The van der Waals surface area contributed by atoms with Crippen molar-refractivity contribution >= 4 is 38.8 Å². The third-order valence-corrected chi connectivity index (χ3v) is 11.3. The van der Waals surface area contributed by atoms with Crippen molar-refractivity contribution in [3.05, 3.63) is 81.7 Å². The summed E-state index contributed by atoms with van der Waals surface area (Å²) in [5, 5.41) is 3.76. The highest BCUT2D eigenvalue weighted by molar-refractivity contribution is 7.98. The molecule has 0 amide bonds. The smallest absolute Gasteiger partial charge is 0.339 e. The van der Waals surface area contributed by atoms with Crippen LogP contribution in [0.2, 0.25) is 0 Å². The largest absolute Gasteiger partial charge is 0.427 e. The van der Waals surface area contributed by atoms with Gasteiger partial charge in [0.15, 0.2) is 10.0 Å². The SMILES string of the molecule is C=S(=O)(c1cn(C)cn1)N(CC(F)(F)F)[C@H]1CCC2=Cc3c(cnn3-c3ccc(F)cc3)C[C@]2(C(=O)c2ncc(C(F)(F)F)s2)C1. The van der Waals surface area contributed by atoms with E-state index in [4.69, 9.17) is 0 Å². The van der Waals surface area contributed by atoms with Crippen LogP contribution < -0.4 is 0 Å². The Balaban J connectivity index is 1.46. The van der Waals surface area contributed by atoms with Gasteiger partial charge < -0.3 is 4.57 Å². The average Bonchev–Trinajstić information content (AvgIpc) is 3.74. The van der Waals surface area contributed by atoms with E-state index in [1.54, 1.807) is 13.1 Å². The van der Waals surface area contributed by atoms with Crippen molar-refractivity contribution in [2.75, 3.05) is 6.54 Å². The van der Waals surface area contributed by atoms with Crippen LogP contribution in [0, 0.1) is 11.2 Å². The standard InChI is InChI=1S/C29H25F7N6O2S2/c1-40-14-24(38-16-40)46(2,44)41(15-28(31,32)33)21-6-3-18-9-22-17(12-39-42(22)20-7-4-19(30)5-8-20)10-27(18,11-21)25(43)26-37-13-23(45-26)29(34,35)36/h4-5,7-9,12-14,16,21H,2-3,6,10-11,15H2,1H3/t21-,27-,46?/m0/s1. The van der Waals surface area contributed by atoms with Gasteiger partial charge in [-0.05, 0) is 67.5 Å². The van der Waals surface area contributed by atoms with Crippen molar-refractivity contribution in [2.24, 2.45) is 12.5 Å². The summed E-state index contributed by atoms with van der Waals surface area (Å²) in [7, 11) is -2.28. The second-order valence-electron chi connectivity index (χ2n) is 11.3. The number of imidazole rings is 1. The second kappa shape index (κ2) is 11.2. The zero-order valence-electron chi connectivity index (χ0n) is 24.0. The van der Waals surface area contributed by atoms with Crippen LogP contribution in [-0.4, -0.2) is 63.2 Å². The fourth-order valence-corrected chi connectivity index (χ4v) is 8.78. The van der Waals surface area contributed by atoms with Crippen LogP contribution in [0.3, 0.4) is 0 Å². The van der Waals surface area contributed by atoms with Crippen LogP contribution >= 0.6 is 11.3 Å². The minimum absolute atomic E-state index is 0.0297. The molecule has 3 aromatic heterocycles. The molecule has 244 valence electrons. The van der Waals surface area contributed by atoms with E-state index in [9.17, 15) is 39.7 Å². The molecular weight excluding hydrogens is 661 g/mol. The van der Waals surface area contributed by atoms with Crippen molar-refractivity contribution in [1.29, 1.82) is 0 Å². The van der Waals surface area contributed by atoms with E-state index < -0.39 is 61.5 Å². The number of thiazole rings is 1. The molecule has 0 N–H and O–H groups in total. The Kier molecular flexibility index (Phi) is 7.79. The first-order chi connectivity index (χ1) is 21.5. The minimum Gasteiger partial charge on any atom is -0.339 e. The molecule has 46 heavy (non-hydrogen) atoms. The van der Waals surface area contributed by atoms with Crippen LogP contribution in [-0.2, 0) is 29.4 Å². The summed E-state index contributed by atoms with van der Waals surface area (Å²) in [5.41, 5.74) is 0.383. The number of halogens is 7. The number of allylic oxidation sites excluding steroid dienone is 1. The number of alkyl halides is 6. The lowest BCUT2D eigenvalue weighted by Gasteiger charge is -2.47. The van der Waals surface area contributed by atoms with Crippen LogP contribution in [0.25, 0.3) is 11.8 Å². The molecule has 1 saturated carbocycles. The van der Waals surface area contributed by atoms with Crippen molar-refractivity contribution in [3.8, 4) is 5.69 Å². The molecule has 1 unspecified atom stereocenters. The number of aryl methyl sites for hydroxylation is 1. The Bertz CT molecular complexity index is 1940. The molecule has 2 aliphatic carbocycles. The lowest BCUT2D eigenvalue weighted by molar-refractivity contribution is -0.140. The van der Waals surface area contributed by atoms with Crippen molar-refractivity contribution < 1.29 is 39.7 Å². The van der Waals surface area contributed by atoms with Crippen molar-refractivity contribution in [1.82, 2.24) is 28.6 Å². The number of carbonyl (C=O) groups is 1. The summed E-state index contributed by atoms with van der Waals surface area (Å²) in [6.07, 6.45) is -3.66. The van der Waals surface area contributed by atoms with Gasteiger partial charge in [-0.2, -0.15) is 31.4 Å². The molecule has 3 atom stereocenters. The summed E-state index contributed by atoms with van der Waals surface area (Å²) >= 11 is 0.157. The molecule has 4 aromatic rings. The van der Waals surface area contributed by atoms with Gasteiger partial charge >= 0.3 is 12.4 Å². The molecule has 1 fully saturated rings. The maximum Gasteiger partial charge on any atom is 0.427 e.